The summed E-state index contributed by atoms with van der Waals surface area (Å²) in [6.45, 7) is 0. The lowest BCUT2D eigenvalue weighted by Gasteiger charge is -2.09. The zero-order valence-electron chi connectivity index (χ0n) is 6.77. The number of nitriles is 1. The molecule has 0 aliphatic rings. The minimum Gasteiger partial charge on any atom is -0.386 e. The number of rotatable bonds is 1. The van der Waals surface area contributed by atoms with Crippen molar-refractivity contribution >= 4 is 27.5 Å². The highest BCUT2D eigenvalue weighted by molar-refractivity contribution is 9.10. The van der Waals surface area contributed by atoms with Crippen molar-refractivity contribution in [2.45, 2.75) is 6.36 Å². The summed E-state index contributed by atoms with van der Waals surface area (Å²) < 4.78 is 39.3. The fraction of sp³-hybridized carbons (Fsp3) is 0.143. The maximum absolute atomic E-state index is 11.9. The lowest BCUT2D eigenvalue weighted by atomic mass is 10.3. The third kappa shape index (κ3) is 3.25. The van der Waals surface area contributed by atoms with Crippen molar-refractivity contribution in [3.8, 4) is 11.9 Å². The maximum atomic E-state index is 11.9. The van der Waals surface area contributed by atoms with Gasteiger partial charge in [-0.05, 0) is 22.0 Å². The molecule has 0 fully saturated rings. The quantitative estimate of drug-likeness (QED) is 0.748. The smallest absolute Gasteiger partial charge is 0.386 e. The van der Waals surface area contributed by atoms with Gasteiger partial charge in [0, 0.05) is 0 Å². The average Bonchev–Trinajstić information content (AvgIpc) is 2.08. The fourth-order valence-corrected chi connectivity index (χ4v) is 1.17. The van der Waals surface area contributed by atoms with E-state index in [4.69, 9.17) is 16.9 Å². The minimum absolute atomic E-state index is 0.215. The Morgan fingerprint density at radius 3 is 2.60 bits per heavy atom. The molecule has 0 amide bonds. The lowest BCUT2D eigenvalue weighted by Crippen LogP contribution is -2.18. The Hall–Kier alpha value is -1.00. The van der Waals surface area contributed by atoms with Crippen LogP contribution in [0.15, 0.2) is 10.5 Å². The van der Waals surface area contributed by atoms with E-state index in [-0.39, 0.29) is 15.2 Å². The second-order valence-corrected chi connectivity index (χ2v) is 3.49. The van der Waals surface area contributed by atoms with Gasteiger partial charge in [0.25, 0.3) is 0 Å². The zero-order valence-corrected chi connectivity index (χ0v) is 9.11. The van der Waals surface area contributed by atoms with Crippen LogP contribution in [0.1, 0.15) is 5.56 Å². The molecule has 0 unspecified atom stereocenters. The molecule has 1 rings (SSSR count). The molecular weight excluding hydrogens is 300 g/mol. The van der Waals surface area contributed by atoms with E-state index in [1.165, 1.54) is 6.07 Å². The maximum Gasteiger partial charge on any atom is 0.574 e. The predicted molar refractivity (Wildman–Crippen MR) is 48.3 cm³/mol. The summed E-state index contributed by atoms with van der Waals surface area (Å²) >= 11 is 8.38. The van der Waals surface area contributed by atoms with Gasteiger partial charge in [-0.15, -0.1) is 13.2 Å². The monoisotopic (exact) mass is 300 g/mol. The number of aromatic nitrogens is 1. The summed E-state index contributed by atoms with van der Waals surface area (Å²) in [6, 6.07) is 2.60. The Kier molecular flexibility index (Phi) is 3.42. The molecule has 0 spiro atoms. The number of halogens is 5. The molecule has 0 aliphatic carbocycles. The standard InChI is InChI=1S/C7HBrClF3N2O/c8-4-1-3(2-13)6(14-5(4)9)15-7(10,11)12/h1H. The van der Waals surface area contributed by atoms with Gasteiger partial charge in [0.2, 0.25) is 5.88 Å². The highest BCUT2D eigenvalue weighted by Crippen LogP contribution is 2.30. The highest BCUT2D eigenvalue weighted by atomic mass is 79.9. The van der Waals surface area contributed by atoms with Crippen LogP contribution in [0.4, 0.5) is 13.2 Å². The Balaban J connectivity index is 3.18. The van der Waals surface area contributed by atoms with Crippen LogP contribution in [0.5, 0.6) is 5.88 Å². The first-order chi connectivity index (χ1) is 6.83. The number of hydrogen-bond donors (Lipinski definition) is 0. The minimum atomic E-state index is -4.91. The molecule has 0 saturated carbocycles. The summed E-state index contributed by atoms with van der Waals surface area (Å²) in [4.78, 5) is 3.28. The van der Waals surface area contributed by atoms with E-state index in [2.05, 4.69) is 25.7 Å². The first kappa shape index (κ1) is 12.1. The molecule has 1 aromatic heterocycles. The van der Waals surface area contributed by atoms with Crippen LogP contribution >= 0.6 is 27.5 Å². The van der Waals surface area contributed by atoms with E-state index in [1.807, 2.05) is 0 Å². The third-order valence-electron chi connectivity index (χ3n) is 1.23. The van der Waals surface area contributed by atoms with Gasteiger partial charge in [-0.1, -0.05) is 11.6 Å². The van der Waals surface area contributed by atoms with Crippen molar-refractivity contribution in [1.29, 1.82) is 5.26 Å². The van der Waals surface area contributed by atoms with Crippen LogP contribution in [0.25, 0.3) is 0 Å². The Labute approximate surface area is 95.6 Å². The van der Waals surface area contributed by atoms with Gasteiger partial charge in [0.05, 0.1) is 4.47 Å². The third-order valence-corrected chi connectivity index (χ3v) is 2.35. The second-order valence-electron chi connectivity index (χ2n) is 2.27. The molecule has 1 heterocycles. The van der Waals surface area contributed by atoms with Crippen molar-refractivity contribution in [3.63, 3.8) is 0 Å². The molecule has 3 nitrogen and oxygen atoms in total. The molecule has 0 aliphatic heterocycles. The molecule has 0 radical (unpaired) electrons. The van der Waals surface area contributed by atoms with Gasteiger partial charge in [-0.3, -0.25) is 0 Å². The fourth-order valence-electron chi connectivity index (χ4n) is 0.718. The lowest BCUT2D eigenvalue weighted by molar-refractivity contribution is -0.276. The number of pyridine rings is 1. The second kappa shape index (κ2) is 4.24. The van der Waals surface area contributed by atoms with Gasteiger partial charge >= 0.3 is 6.36 Å². The van der Waals surface area contributed by atoms with E-state index in [1.54, 1.807) is 0 Å². The van der Waals surface area contributed by atoms with Crippen molar-refractivity contribution in [1.82, 2.24) is 4.98 Å². The van der Waals surface area contributed by atoms with E-state index in [0.717, 1.165) is 6.07 Å². The normalized spacial score (nSPS) is 10.9. The van der Waals surface area contributed by atoms with Crippen molar-refractivity contribution in [2.75, 3.05) is 0 Å². The van der Waals surface area contributed by atoms with Crippen LogP contribution in [0, 0.1) is 11.3 Å². The number of alkyl halides is 3. The molecule has 0 bridgehead atoms. The predicted octanol–water partition coefficient (Wildman–Crippen LogP) is 3.27. The van der Waals surface area contributed by atoms with Crippen molar-refractivity contribution in [3.05, 3.63) is 21.3 Å². The number of ether oxygens (including phenoxy) is 1. The molecule has 0 N–H and O–H groups in total. The topological polar surface area (TPSA) is 45.9 Å². The summed E-state index contributed by atoms with van der Waals surface area (Å²) in [7, 11) is 0. The summed E-state index contributed by atoms with van der Waals surface area (Å²) in [5.41, 5.74) is -0.358. The summed E-state index contributed by atoms with van der Waals surface area (Å²) in [5, 5.41) is 8.31. The average molecular weight is 301 g/mol. The Bertz CT molecular complexity index is 429. The number of hydrogen-bond acceptors (Lipinski definition) is 3. The van der Waals surface area contributed by atoms with E-state index < -0.39 is 12.2 Å². The first-order valence-corrected chi connectivity index (χ1v) is 4.52. The van der Waals surface area contributed by atoms with Gasteiger partial charge in [0.15, 0.2) is 0 Å². The molecule has 15 heavy (non-hydrogen) atoms. The Morgan fingerprint density at radius 2 is 2.13 bits per heavy atom. The Morgan fingerprint density at radius 1 is 1.53 bits per heavy atom. The van der Waals surface area contributed by atoms with Gasteiger partial charge in [-0.25, -0.2) is 0 Å². The molecule has 1 aromatic rings. The van der Waals surface area contributed by atoms with Crippen LogP contribution in [-0.2, 0) is 0 Å². The van der Waals surface area contributed by atoms with Gasteiger partial charge in [-0.2, -0.15) is 10.2 Å². The molecule has 0 saturated heterocycles. The molecule has 0 aromatic carbocycles. The molecule has 80 valence electrons. The largest absolute Gasteiger partial charge is 0.574 e. The van der Waals surface area contributed by atoms with Crippen molar-refractivity contribution in [2.24, 2.45) is 0 Å². The molecule has 8 heteroatoms. The highest BCUT2D eigenvalue weighted by Gasteiger charge is 2.33. The van der Waals surface area contributed by atoms with Gasteiger partial charge in [0.1, 0.15) is 16.8 Å². The van der Waals surface area contributed by atoms with E-state index in [0.29, 0.717) is 0 Å². The van der Waals surface area contributed by atoms with E-state index in [9.17, 15) is 13.2 Å². The molecular formula is C7HBrClF3N2O. The van der Waals surface area contributed by atoms with Crippen LogP contribution < -0.4 is 4.74 Å². The first-order valence-electron chi connectivity index (χ1n) is 3.35. The van der Waals surface area contributed by atoms with Crippen LogP contribution in [0.2, 0.25) is 5.15 Å². The zero-order chi connectivity index (χ0) is 11.6. The summed E-state index contributed by atoms with van der Waals surface area (Å²) in [6.07, 6.45) is -4.91. The molecule has 0 atom stereocenters. The summed E-state index contributed by atoms with van der Waals surface area (Å²) in [5.74, 6) is -0.863. The number of nitrogens with zero attached hydrogens (tertiary/aromatic N) is 2. The van der Waals surface area contributed by atoms with E-state index >= 15 is 0 Å². The van der Waals surface area contributed by atoms with Crippen LogP contribution in [0.3, 0.4) is 0 Å². The SMILES string of the molecule is N#Cc1cc(Br)c(Cl)nc1OC(F)(F)F. The van der Waals surface area contributed by atoms with Crippen LogP contribution in [-0.4, -0.2) is 11.3 Å². The van der Waals surface area contributed by atoms with Crippen molar-refractivity contribution < 1.29 is 17.9 Å². The van der Waals surface area contributed by atoms with Gasteiger partial charge < -0.3 is 4.74 Å².